The van der Waals surface area contributed by atoms with Gasteiger partial charge in [-0.15, -0.1) is 0 Å². The molecular formula is C17H23N3O3S. The Morgan fingerprint density at radius 2 is 2.08 bits per heavy atom. The molecule has 130 valence electrons. The van der Waals surface area contributed by atoms with E-state index in [9.17, 15) is 8.42 Å². The largest absolute Gasteiger partial charge is 0.443 e. The number of rotatable bonds is 3. The number of hydrogen-bond donors (Lipinski definition) is 1. The lowest BCUT2D eigenvalue weighted by atomic mass is 9.94. The van der Waals surface area contributed by atoms with Crippen LogP contribution in [0.3, 0.4) is 0 Å². The fourth-order valence-corrected chi connectivity index (χ4v) is 3.53. The van der Waals surface area contributed by atoms with E-state index >= 15 is 0 Å². The molecule has 2 aromatic rings. The van der Waals surface area contributed by atoms with Crippen LogP contribution in [0, 0.1) is 0 Å². The first-order chi connectivity index (χ1) is 11.1. The minimum absolute atomic E-state index is 0.0792. The van der Waals surface area contributed by atoms with Crippen molar-refractivity contribution >= 4 is 15.7 Å². The Hall–Kier alpha value is -1.86. The lowest BCUT2D eigenvalue weighted by Gasteiger charge is -2.23. The van der Waals surface area contributed by atoms with Crippen molar-refractivity contribution < 1.29 is 12.8 Å². The first kappa shape index (κ1) is 17.0. The van der Waals surface area contributed by atoms with Crippen LogP contribution in [-0.2, 0) is 28.4 Å². The summed E-state index contributed by atoms with van der Waals surface area (Å²) in [7, 11) is -3.68. The van der Waals surface area contributed by atoms with Gasteiger partial charge in [-0.1, -0.05) is 20.8 Å². The second-order valence-electron chi connectivity index (χ2n) is 7.38. The monoisotopic (exact) mass is 349 g/mol. The van der Waals surface area contributed by atoms with Crippen LogP contribution < -0.4 is 10.0 Å². The summed E-state index contributed by atoms with van der Waals surface area (Å²) in [6, 6.07) is 5.26. The molecule has 0 unspecified atom stereocenters. The van der Waals surface area contributed by atoms with Crippen LogP contribution in [-0.4, -0.2) is 19.4 Å². The molecule has 0 saturated heterocycles. The maximum atomic E-state index is 11.5. The number of anilines is 1. The number of benzene rings is 1. The number of sulfonamides is 1. The highest BCUT2D eigenvalue weighted by molar-refractivity contribution is 7.89. The number of nitrogens with zero attached hydrogens (tertiary/aromatic N) is 2. The molecular weight excluding hydrogens is 326 g/mol. The van der Waals surface area contributed by atoms with Crippen LogP contribution in [0.1, 0.15) is 44.9 Å². The summed E-state index contributed by atoms with van der Waals surface area (Å²) in [5.74, 6) is 1.52. The number of oxazole rings is 1. The molecule has 3 rings (SSSR count). The van der Waals surface area contributed by atoms with Crippen molar-refractivity contribution in [2.75, 3.05) is 4.90 Å². The normalized spacial score (nSPS) is 18.0. The molecule has 1 aliphatic heterocycles. The molecule has 2 heterocycles. The fourth-order valence-electron chi connectivity index (χ4n) is 2.97. The van der Waals surface area contributed by atoms with Crippen molar-refractivity contribution in [3.05, 3.63) is 41.6 Å². The quantitative estimate of drug-likeness (QED) is 0.920. The van der Waals surface area contributed by atoms with Crippen LogP contribution in [0.4, 0.5) is 5.69 Å². The van der Waals surface area contributed by atoms with Crippen LogP contribution >= 0.6 is 0 Å². The molecule has 7 heteroatoms. The topological polar surface area (TPSA) is 89.4 Å². The molecule has 0 fully saturated rings. The van der Waals surface area contributed by atoms with E-state index in [1.165, 1.54) is 0 Å². The van der Waals surface area contributed by atoms with Gasteiger partial charge in [0.1, 0.15) is 5.76 Å². The van der Waals surface area contributed by atoms with E-state index in [4.69, 9.17) is 9.56 Å². The molecule has 0 saturated carbocycles. The molecule has 1 aromatic heterocycles. The summed E-state index contributed by atoms with van der Waals surface area (Å²) >= 11 is 0. The third kappa shape index (κ3) is 3.18. The molecule has 0 bridgehead atoms. The maximum absolute atomic E-state index is 11.5. The first-order valence-electron chi connectivity index (χ1n) is 7.93. The number of hydrogen-bond acceptors (Lipinski definition) is 5. The maximum Gasteiger partial charge on any atom is 0.238 e. The third-order valence-electron chi connectivity index (χ3n) is 4.33. The molecule has 24 heavy (non-hydrogen) atoms. The van der Waals surface area contributed by atoms with Gasteiger partial charge in [-0.05, 0) is 37.1 Å². The van der Waals surface area contributed by atoms with Gasteiger partial charge in [-0.3, -0.25) is 0 Å². The van der Waals surface area contributed by atoms with Gasteiger partial charge >= 0.3 is 0 Å². The second-order valence-corrected chi connectivity index (χ2v) is 8.95. The Kier molecular flexibility index (Phi) is 3.96. The molecule has 0 spiro atoms. The third-order valence-corrected chi connectivity index (χ3v) is 5.25. The van der Waals surface area contributed by atoms with Crippen molar-refractivity contribution in [3.63, 3.8) is 0 Å². The van der Waals surface area contributed by atoms with Gasteiger partial charge in [0.25, 0.3) is 0 Å². The van der Waals surface area contributed by atoms with Gasteiger partial charge in [0, 0.05) is 17.1 Å². The molecule has 1 aromatic carbocycles. The highest BCUT2D eigenvalue weighted by atomic mass is 32.2. The van der Waals surface area contributed by atoms with Crippen molar-refractivity contribution in [1.82, 2.24) is 4.98 Å². The van der Waals surface area contributed by atoms with E-state index in [1.54, 1.807) is 18.3 Å². The zero-order chi connectivity index (χ0) is 17.7. The molecule has 2 N–H and O–H groups in total. The average Bonchev–Trinajstić information content (AvgIpc) is 3.03. The van der Waals surface area contributed by atoms with E-state index in [0.29, 0.717) is 12.4 Å². The van der Waals surface area contributed by atoms with Gasteiger partial charge in [0.05, 0.1) is 17.6 Å². The Balaban J connectivity index is 1.88. The first-order valence-corrected chi connectivity index (χ1v) is 9.48. The van der Waals surface area contributed by atoms with Crippen LogP contribution in [0.15, 0.2) is 33.7 Å². The summed E-state index contributed by atoms with van der Waals surface area (Å²) in [5.41, 5.74) is 1.91. The fraction of sp³-hybridized carbons (Fsp3) is 0.471. The zero-order valence-electron chi connectivity index (χ0n) is 14.4. The van der Waals surface area contributed by atoms with Crippen molar-refractivity contribution in [2.45, 2.75) is 57.0 Å². The smallest absolute Gasteiger partial charge is 0.238 e. The van der Waals surface area contributed by atoms with Gasteiger partial charge in [-0.25, -0.2) is 18.5 Å². The number of primary sulfonamides is 1. The summed E-state index contributed by atoms with van der Waals surface area (Å²) in [4.78, 5) is 6.72. The van der Waals surface area contributed by atoms with Crippen LogP contribution in [0.5, 0.6) is 0 Å². The lowest BCUT2D eigenvalue weighted by Crippen LogP contribution is -2.28. The SMILES string of the molecule is C[C@@H]1Cc2cc(S(N)(=O)=O)ccc2N1Cc1ncc(C(C)(C)C)o1. The number of aromatic nitrogens is 1. The van der Waals surface area contributed by atoms with Gasteiger partial charge in [0.15, 0.2) is 0 Å². The van der Waals surface area contributed by atoms with E-state index in [2.05, 4.69) is 37.6 Å². The van der Waals surface area contributed by atoms with Crippen molar-refractivity contribution in [3.8, 4) is 0 Å². The van der Waals surface area contributed by atoms with Crippen LogP contribution in [0.25, 0.3) is 0 Å². The second kappa shape index (κ2) is 5.60. The predicted octanol–water partition coefficient (Wildman–Crippen LogP) is 2.57. The Bertz CT molecular complexity index is 865. The lowest BCUT2D eigenvalue weighted by molar-refractivity contribution is 0.378. The summed E-state index contributed by atoms with van der Waals surface area (Å²) in [6.45, 7) is 8.91. The number of fused-ring (bicyclic) bond motifs is 1. The standard InChI is InChI=1S/C17H23N3O3S/c1-11-7-12-8-13(24(18,21)22)5-6-14(12)20(11)10-16-19-9-15(23-16)17(2,3)4/h5-6,8-9,11H,7,10H2,1-4H3,(H2,18,21,22)/t11-/m1/s1. The Morgan fingerprint density at radius 3 is 2.67 bits per heavy atom. The number of nitrogens with two attached hydrogens (primary N) is 1. The van der Waals surface area contributed by atoms with Gasteiger partial charge in [-0.2, -0.15) is 0 Å². The minimum Gasteiger partial charge on any atom is -0.443 e. The Morgan fingerprint density at radius 1 is 1.38 bits per heavy atom. The zero-order valence-corrected chi connectivity index (χ0v) is 15.2. The Labute approximate surface area is 142 Å². The summed E-state index contributed by atoms with van der Waals surface area (Å²) in [5, 5.41) is 5.22. The summed E-state index contributed by atoms with van der Waals surface area (Å²) in [6.07, 6.45) is 2.55. The molecule has 0 aliphatic carbocycles. The summed E-state index contributed by atoms with van der Waals surface area (Å²) < 4.78 is 28.9. The highest BCUT2D eigenvalue weighted by Gasteiger charge is 2.29. The predicted molar refractivity (Wildman–Crippen MR) is 92.4 cm³/mol. The van der Waals surface area contributed by atoms with E-state index in [1.807, 2.05) is 6.07 Å². The van der Waals surface area contributed by atoms with E-state index in [-0.39, 0.29) is 16.4 Å². The van der Waals surface area contributed by atoms with Crippen LogP contribution in [0.2, 0.25) is 0 Å². The molecule has 0 radical (unpaired) electrons. The molecule has 0 amide bonds. The average molecular weight is 349 g/mol. The molecule has 6 nitrogen and oxygen atoms in total. The van der Waals surface area contributed by atoms with Gasteiger partial charge < -0.3 is 9.32 Å². The molecule has 1 atom stereocenters. The van der Waals surface area contributed by atoms with E-state index in [0.717, 1.165) is 23.4 Å². The van der Waals surface area contributed by atoms with Crippen molar-refractivity contribution in [2.24, 2.45) is 5.14 Å². The minimum atomic E-state index is -3.68. The van der Waals surface area contributed by atoms with E-state index < -0.39 is 10.0 Å². The molecule has 1 aliphatic rings. The van der Waals surface area contributed by atoms with Crippen molar-refractivity contribution in [1.29, 1.82) is 0 Å². The van der Waals surface area contributed by atoms with Gasteiger partial charge in [0.2, 0.25) is 15.9 Å². The highest BCUT2D eigenvalue weighted by Crippen LogP contribution is 2.35.